The number of para-hydroxylation sites is 1. The van der Waals surface area contributed by atoms with Gasteiger partial charge in [-0.15, -0.1) is 0 Å². The summed E-state index contributed by atoms with van der Waals surface area (Å²) in [6.45, 7) is -0.0404. The molecular weight excluding hydrogens is 512 g/mol. The number of esters is 1. The second kappa shape index (κ2) is 10.6. The second-order valence-electron chi connectivity index (χ2n) is 9.23. The first-order valence-corrected chi connectivity index (χ1v) is 12.6. The Labute approximate surface area is 223 Å². The van der Waals surface area contributed by atoms with E-state index in [0.29, 0.717) is 29.8 Å². The largest absolute Gasteiger partial charge is 0.457 e. The molecule has 9 nitrogen and oxygen atoms in total. The van der Waals surface area contributed by atoms with Crippen molar-refractivity contribution in [2.45, 2.75) is 32.3 Å². The van der Waals surface area contributed by atoms with E-state index in [-0.39, 0.29) is 52.3 Å². The third-order valence-corrected chi connectivity index (χ3v) is 7.13. The van der Waals surface area contributed by atoms with E-state index in [4.69, 9.17) is 21.1 Å². The van der Waals surface area contributed by atoms with E-state index < -0.39 is 10.9 Å². The van der Waals surface area contributed by atoms with E-state index >= 15 is 0 Å². The molecule has 1 saturated carbocycles. The highest BCUT2D eigenvalue weighted by molar-refractivity contribution is 6.32. The number of anilines is 1. The van der Waals surface area contributed by atoms with Crippen LogP contribution in [-0.2, 0) is 20.9 Å². The lowest BCUT2D eigenvalue weighted by molar-refractivity contribution is -0.385. The van der Waals surface area contributed by atoms with Gasteiger partial charge in [0.15, 0.2) is 0 Å². The third-order valence-electron chi connectivity index (χ3n) is 6.84. The van der Waals surface area contributed by atoms with Gasteiger partial charge < -0.3 is 9.47 Å². The van der Waals surface area contributed by atoms with E-state index in [2.05, 4.69) is 0 Å². The van der Waals surface area contributed by atoms with Crippen molar-refractivity contribution in [3.63, 3.8) is 0 Å². The number of carbonyl (C=O) groups is 3. The maximum absolute atomic E-state index is 12.9. The highest BCUT2D eigenvalue weighted by Gasteiger charge is 2.48. The molecule has 0 spiro atoms. The normalized spacial score (nSPS) is 18.7. The molecule has 38 heavy (non-hydrogen) atoms. The van der Waals surface area contributed by atoms with Crippen molar-refractivity contribution in [3.05, 3.63) is 93.0 Å². The fourth-order valence-corrected chi connectivity index (χ4v) is 5.14. The van der Waals surface area contributed by atoms with Gasteiger partial charge in [0.25, 0.3) is 0 Å². The van der Waals surface area contributed by atoms with Gasteiger partial charge in [-0.3, -0.25) is 24.6 Å². The first kappa shape index (κ1) is 25.4. The van der Waals surface area contributed by atoms with Crippen molar-refractivity contribution >= 4 is 40.8 Å². The Bertz CT molecular complexity index is 1400. The van der Waals surface area contributed by atoms with Crippen LogP contribution in [0.4, 0.5) is 11.4 Å². The predicted molar refractivity (Wildman–Crippen MR) is 138 cm³/mol. The summed E-state index contributed by atoms with van der Waals surface area (Å²) in [5.74, 6) is -1.29. The lowest BCUT2D eigenvalue weighted by Crippen LogP contribution is -2.31. The van der Waals surface area contributed by atoms with Crippen molar-refractivity contribution in [1.82, 2.24) is 0 Å². The Morgan fingerprint density at radius 3 is 2.29 bits per heavy atom. The van der Waals surface area contributed by atoms with Gasteiger partial charge in [-0.25, -0.2) is 4.79 Å². The molecule has 2 aliphatic rings. The number of fused-ring (bicyclic) bond motifs is 1. The molecule has 0 aromatic heterocycles. The summed E-state index contributed by atoms with van der Waals surface area (Å²) in [6.07, 6.45) is 3.31. The third kappa shape index (κ3) is 4.97. The van der Waals surface area contributed by atoms with Crippen molar-refractivity contribution < 1.29 is 28.8 Å². The smallest absolute Gasteiger partial charge is 0.338 e. The van der Waals surface area contributed by atoms with Crippen molar-refractivity contribution in [2.24, 2.45) is 11.8 Å². The SMILES string of the molecule is O=C(OCc1ccc(Oc2c(Cl)cccc2[N+](=O)[O-])cc1)c1cccc(N2C(=O)[C@@H]3CCCC[C@H]3C2=O)c1. The van der Waals surface area contributed by atoms with Crippen LogP contribution in [0, 0.1) is 22.0 Å². The van der Waals surface area contributed by atoms with Crippen LogP contribution in [0.1, 0.15) is 41.6 Å². The summed E-state index contributed by atoms with van der Waals surface area (Å²) in [6, 6.07) is 17.1. The average molecular weight is 535 g/mol. The van der Waals surface area contributed by atoms with Gasteiger partial charge >= 0.3 is 11.7 Å². The number of nitrogens with zero attached hydrogens (tertiary/aromatic N) is 2. The van der Waals surface area contributed by atoms with Crippen LogP contribution in [0.15, 0.2) is 66.7 Å². The van der Waals surface area contributed by atoms with Gasteiger partial charge in [0.2, 0.25) is 17.6 Å². The van der Waals surface area contributed by atoms with E-state index in [1.54, 1.807) is 42.5 Å². The van der Waals surface area contributed by atoms with Crippen LogP contribution in [0.3, 0.4) is 0 Å². The number of nitro benzene ring substituents is 1. The van der Waals surface area contributed by atoms with Crippen LogP contribution >= 0.6 is 11.6 Å². The minimum Gasteiger partial charge on any atom is -0.457 e. The monoisotopic (exact) mass is 534 g/mol. The van der Waals surface area contributed by atoms with E-state index in [1.807, 2.05) is 0 Å². The Morgan fingerprint density at radius 1 is 0.974 bits per heavy atom. The minimum absolute atomic E-state index is 0.0404. The lowest BCUT2D eigenvalue weighted by atomic mass is 9.81. The van der Waals surface area contributed by atoms with Crippen LogP contribution < -0.4 is 9.64 Å². The molecule has 2 atom stereocenters. The molecule has 194 valence electrons. The molecule has 1 heterocycles. The first-order valence-electron chi connectivity index (χ1n) is 12.2. The van der Waals surface area contributed by atoms with Gasteiger partial charge in [-0.05, 0) is 54.8 Å². The fraction of sp³-hybridized carbons (Fsp3) is 0.250. The zero-order chi connectivity index (χ0) is 26.8. The molecule has 0 unspecified atom stereocenters. The Balaban J connectivity index is 1.23. The summed E-state index contributed by atoms with van der Waals surface area (Å²) in [4.78, 5) is 50.4. The average Bonchev–Trinajstić information content (AvgIpc) is 3.18. The quantitative estimate of drug-likeness (QED) is 0.156. The van der Waals surface area contributed by atoms with Crippen LogP contribution in [0.25, 0.3) is 0 Å². The maximum Gasteiger partial charge on any atom is 0.338 e. The molecule has 10 heteroatoms. The van der Waals surface area contributed by atoms with Crippen molar-refractivity contribution in [3.8, 4) is 11.5 Å². The van der Waals surface area contributed by atoms with E-state index in [9.17, 15) is 24.5 Å². The van der Waals surface area contributed by atoms with E-state index in [1.165, 1.54) is 29.2 Å². The number of amides is 2. The molecule has 3 aromatic rings. The fourth-order valence-electron chi connectivity index (χ4n) is 4.93. The standard InChI is InChI=1S/C28H23ClN2O7/c29-23-9-4-10-24(31(35)36)25(23)38-20-13-11-17(12-14-20)16-37-28(34)18-5-3-6-19(15-18)30-26(32)21-7-1-2-8-22(21)27(30)33/h3-6,9-15,21-22H,1-2,7-8,16H2/t21-,22-/m1/s1. The summed E-state index contributed by atoms with van der Waals surface area (Å²) >= 11 is 6.07. The minimum atomic E-state index is -0.602. The van der Waals surface area contributed by atoms with Crippen LogP contribution in [0.5, 0.6) is 11.5 Å². The predicted octanol–water partition coefficient (Wildman–Crippen LogP) is 6.08. The molecule has 3 aromatic carbocycles. The van der Waals surface area contributed by atoms with Crippen LogP contribution in [0.2, 0.25) is 5.02 Å². The van der Waals surface area contributed by atoms with E-state index in [0.717, 1.165) is 12.8 Å². The van der Waals surface area contributed by atoms with Gasteiger partial charge in [0.1, 0.15) is 12.4 Å². The highest BCUT2D eigenvalue weighted by Crippen LogP contribution is 2.40. The molecule has 0 N–H and O–H groups in total. The number of hydrogen-bond acceptors (Lipinski definition) is 7. The highest BCUT2D eigenvalue weighted by atomic mass is 35.5. The molecule has 1 aliphatic heterocycles. The number of rotatable bonds is 7. The summed E-state index contributed by atoms with van der Waals surface area (Å²) in [5.41, 5.74) is 1.00. The summed E-state index contributed by atoms with van der Waals surface area (Å²) in [5, 5.41) is 11.4. The number of ether oxygens (including phenoxy) is 2. The van der Waals surface area contributed by atoms with Gasteiger partial charge in [-0.1, -0.05) is 48.7 Å². The number of hydrogen-bond donors (Lipinski definition) is 0. The summed E-state index contributed by atoms with van der Waals surface area (Å²) in [7, 11) is 0. The van der Waals surface area contributed by atoms with Crippen molar-refractivity contribution in [2.75, 3.05) is 4.90 Å². The molecule has 2 amide bonds. The first-order chi connectivity index (χ1) is 18.3. The number of carbonyl (C=O) groups excluding carboxylic acids is 3. The number of halogens is 1. The molecular formula is C28H23ClN2O7. The molecule has 1 aliphatic carbocycles. The van der Waals surface area contributed by atoms with Gasteiger partial charge in [0, 0.05) is 6.07 Å². The number of nitro groups is 1. The Kier molecular flexibility index (Phi) is 7.11. The topological polar surface area (TPSA) is 116 Å². The van der Waals surface area contributed by atoms with Crippen LogP contribution in [-0.4, -0.2) is 22.7 Å². The molecule has 0 radical (unpaired) electrons. The maximum atomic E-state index is 12.9. The number of imide groups is 1. The zero-order valence-electron chi connectivity index (χ0n) is 20.2. The van der Waals surface area contributed by atoms with Gasteiger partial charge in [-0.2, -0.15) is 0 Å². The molecule has 5 rings (SSSR count). The zero-order valence-corrected chi connectivity index (χ0v) is 20.9. The molecule has 1 saturated heterocycles. The van der Waals surface area contributed by atoms with Crippen molar-refractivity contribution in [1.29, 1.82) is 0 Å². The second-order valence-corrected chi connectivity index (χ2v) is 9.63. The molecule has 2 fully saturated rings. The Hall–Kier alpha value is -4.24. The lowest BCUT2D eigenvalue weighted by Gasteiger charge is -2.19. The Morgan fingerprint density at radius 2 is 1.63 bits per heavy atom. The molecule has 0 bridgehead atoms. The number of benzene rings is 3. The summed E-state index contributed by atoms with van der Waals surface area (Å²) < 4.78 is 11.1. The van der Waals surface area contributed by atoms with Gasteiger partial charge in [0.05, 0.1) is 33.0 Å².